The molecule has 0 spiro atoms. The van der Waals surface area contributed by atoms with Crippen LogP contribution in [0.1, 0.15) is 32.8 Å². The van der Waals surface area contributed by atoms with E-state index in [-0.39, 0.29) is 6.42 Å². The number of hydrogen-bond acceptors (Lipinski definition) is 7. The van der Waals surface area contributed by atoms with E-state index in [1.165, 1.54) is 6.92 Å². The molecule has 0 aliphatic rings. The lowest BCUT2D eigenvalue weighted by molar-refractivity contribution is -0.143. The zero-order valence-corrected chi connectivity index (χ0v) is 20.9. The van der Waals surface area contributed by atoms with Crippen molar-refractivity contribution in [2.45, 2.75) is 63.9 Å². The molecular formula is C24H34N6O7. The van der Waals surface area contributed by atoms with E-state index < -0.39 is 72.2 Å². The predicted octanol–water partition coefficient (Wildman–Crippen LogP) is -1.51. The van der Waals surface area contributed by atoms with Crippen molar-refractivity contribution in [2.24, 2.45) is 17.4 Å². The molecule has 13 heteroatoms. The SMILES string of the molecule is CC(C)C(NC(=O)C(Cc1c[nH]c2ccccc12)NC(=O)C(CC(N)=O)NC(=O)C(N)C(C)O)C(=O)O. The summed E-state index contributed by atoms with van der Waals surface area (Å²) >= 11 is 0. The van der Waals surface area contributed by atoms with Crippen molar-refractivity contribution < 1.29 is 34.2 Å². The average Bonchev–Trinajstić information content (AvgIpc) is 3.22. The number of carboxylic acid groups (broad SMARTS) is 1. The van der Waals surface area contributed by atoms with Gasteiger partial charge in [-0.2, -0.15) is 0 Å². The number of nitrogens with two attached hydrogens (primary N) is 2. The number of rotatable bonds is 13. The number of aromatic nitrogens is 1. The van der Waals surface area contributed by atoms with Crippen LogP contribution in [0, 0.1) is 5.92 Å². The number of carbonyl (C=O) groups is 5. The Kier molecular flexibility index (Phi) is 10.1. The number of nitrogens with one attached hydrogen (secondary N) is 4. The number of primary amides is 1. The van der Waals surface area contributed by atoms with Gasteiger partial charge in [0.25, 0.3) is 0 Å². The fourth-order valence-corrected chi connectivity index (χ4v) is 3.67. The summed E-state index contributed by atoms with van der Waals surface area (Å²) in [5.41, 5.74) is 12.3. The highest BCUT2D eigenvalue weighted by atomic mass is 16.4. The van der Waals surface area contributed by atoms with Crippen LogP contribution < -0.4 is 27.4 Å². The number of aliphatic hydroxyl groups is 1. The molecule has 0 saturated heterocycles. The van der Waals surface area contributed by atoms with Gasteiger partial charge >= 0.3 is 5.97 Å². The minimum absolute atomic E-state index is 0.0313. The fraction of sp³-hybridized carbons (Fsp3) is 0.458. The second-order valence-corrected chi connectivity index (χ2v) is 9.19. The number of aliphatic carboxylic acids is 1. The van der Waals surface area contributed by atoms with Crippen LogP contribution in [0.2, 0.25) is 0 Å². The number of amides is 4. The maximum Gasteiger partial charge on any atom is 0.326 e. The van der Waals surface area contributed by atoms with Gasteiger partial charge in [0.1, 0.15) is 24.2 Å². The first-order valence-electron chi connectivity index (χ1n) is 11.7. The summed E-state index contributed by atoms with van der Waals surface area (Å²) in [6.07, 6.45) is -0.203. The summed E-state index contributed by atoms with van der Waals surface area (Å²) in [7, 11) is 0. The molecule has 1 aromatic heterocycles. The van der Waals surface area contributed by atoms with E-state index in [0.717, 1.165) is 10.9 Å². The molecule has 5 unspecified atom stereocenters. The number of aromatic amines is 1. The lowest BCUT2D eigenvalue weighted by Gasteiger charge is -2.26. The van der Waals surface area contributed by atoms with Crippen molar-refractivity contribution >= 4 is 40.5 Å². The number of H-pyrrole nitrogens is 1. The third-order valence-corrected chi connectivity index (χ3v) is 5.82. The molecule has 13 nitrogen and oxygen atoms in total. The Balaban J connectivity index is 2.34. The molecule has 0 fully saturated rings. The summed E-state index contributed by atoms with van der Waals surface area (Å²) in [6.45, 7) is 4.52. The topological polar surface area (TPSA) is 230 Å². The highest BCUT2D eigenvalue weighted by molar-refractivity contribution is 5.96. The lowest BCUT2D eigenvalue weighted by Crippen LogP contribution is -2.59. The van der Waals surface area contributed by atoms with Gasteiger partial charge < -0.3 is 42.6 Å². The average molecular weight is 519 g/mol. The van der Waals surface area contributed by atoms with E-state index in [2.05, 4.69) is 20.9 Å². The smallest absolute Gasteiger partial charge is 0.326 e. The van der Waals surface area contributed by atoms with Gasteiger partial charge in [-0.15, -0.1) is 0 Å². The monoisotopic (exact) mass is 518 g/mol. The number of hydrogen-bond donors (Lipinski definition) is 8. The molecule has 202 valence electrons. The van der Waals surface area contributed by atoms with Crippen LogP contribution in [0.4, 0.5) is 0 Å². The summed E-state index contributed by atoms with van der Waals surface area (Å²) in [4.78, 5) is 64.9. The molecule has 5 atom stereocenters. The van der Waals surface area contributed by atoms with E-state index in [1.54, 1.807) is 26.1 Å². The Morgan fingerprint density at radius 3 is 2.11 bits per heavy atom. The molecule has 0 aliphatic heterocycles. The second-order valence-electron chi connectivity index (χ2n) is 9.19. The Hall–Kier alpha value is -3.97. The van der Waals surface area contributed by atoms with Crippen LogP contribution in [0.3, 0.4) is 0 Å². The number of fused-ring (bicyclic) bond motifs is 1. The third-order valence-electron chi connectivity index (χ3n) is 5.82. The van der Waals surface area contributed by atoms with Crippen LogP contribution in [-0.4, -0.2) is 75.1 Å². The van der Waals surface area contributed by atoms with Gasteiger partial charge in [0.15, 0.2) is 0 Å². The third kappa shape index (κ3) is 8.02. The second kappa shape index (κ2) is 12.8. The van der Waals surface area contributed by atoms with Crippen LogP contribution >= 0.6 is 0 Å². The summed E-state index contributed by atoms with van der Waals surface area (Å²) < 4.78 is 0. The van der Waals surface area contributed by atoms with Gasteiger partial charge in [-0.1, -0.05) is 32.0 Å². The first kappa shape index (κ1) is 29.3. The van der Waals surface area contributed by atoms with Crippen LogP contribution in [0.5, 0.6) is 0 Å². The Bertz CT molecular complexity index is 1150. The van der Waals surface area contributed by atoms with E-state index >= 15 is 0 Å². The number of carbonyl (C=O) groups excluding carboxylic acids is 4. The van der Waals surface area contributed by atoms with E-state index in [1.807, 2.05) is 18.2 Å². The zero-order valence-electron chi connectivity index (χ0n) is 20.9. The van der Waals surface area contributed by atoms with Crippen molar-refractivity contribution in [2.75, 3.05) is 0 Å². The molecule has 0 aliphatic carbocycles. The van der Waals surface area contributed by atoms with Gasteiger partial charge in [-0.25, -0.2) is 4.79 Å². The van der Waals surface area contributed by atoms with E-state index in [4.69, 9.17) is 11.5 Å². The molecule has 2 aromatic rings. The minimum atomic E-state index is -1.49. The summed E-state index contributed by atoms with van der Waals surface area (Å²) in [6, 6.07) is 1.91. The largest absolute Gasteiger partial charge is 0.480 e. The van der Waals surface area contributed by atoms with Crippen molar-refractivity contribution in [1.82, 2.24) is 20.9 Å². The van der Waals surface area contributed by atoms with Crippen molar-refractivity contribution in [1.29, 1.82) is 0 Å². The minimum Gasteiger partial charge on any atom is -0.480 e. The molecule has 0 radical (unpaired) electrons. The molecule has 10 N–H and O–H groups in total. The van der Waals surface area contributed by atoms with Crippen molar-refractivity contribution in [3.8, 4) is 0 Å². The van der Waals surface area contributed by atoms with Crippen LogP contribution in [0.25, 0.3) is 10.9 Å². The van der Waals surface area contributed by atoms with Gasteiger partial charge in [-0.05, 0) is 24.5 Å². The standard InChI is InChI=1S/C24H34N6O7/c1-11(2)20(24(36)37)30-22(34)16(8-13-10-27-15-7-5-4-6-14(13)15)28-21(33)17(9-18(25)32)29-23(35)19(26)12(3)31/h4-7,10-12,16-17,19-20,27,31H,8-9,26H2,1-3H3,(H2,25,32)(H,28,33)(H,29,35)(H,30,34)(H,36,37). The van der Waals surface area contributed by atoms with E-state index in [0.29, 0.717) is 5.56 Å². The molecular weight excluding hydrogens is 484 g/mol. The first-order valence-corrected chi connectivity index (χ1v) is 11.7. The Morgan fingerprint density at radius 1 is 0.946 bits per heavy atom. The predicted molar refractivity (Wildman–Crippen MR) is 134 cm³/mol. The fourth-order valence-electron chi connectivity index (χ4n) is 3.67. The quantitative estimate of drug-likeness (QED) is 0.155. The number of benzene rings is 1. The Labute approximate surface area is 213 Å². The summed E-state index contributed by atoms with van der Waals surface area (Å²) in [5.74, 6) is -5.19. The van der Waals surface area contributed by atoms with Crippen LogP contribution in [-0.2, 0) is 30.4 Å². The van der Waals surface area contributed by atoms with Gasteiger partial charge in [-0.3, -0.25) is 19.2 Å². The maximum absolute atomic E-state index is 13.2. The first-order chi connectivity index (χ1) is 17.3. The molecule has 1 aromatic carbocycles. The molecule has 0 bridgehead atoms. The molecule has 2 rings (SSSR count). The van der Waals surface area contributed by atoms with Crippen molar-refractivity contribution in [3.05, 3.63) is 36.0 Å². The van der Waals surface area contributed by atoms with Crippen LogP contribution in [0.15, 0.2) is 30.5 Å². The maximum atomic E-state index is 13.2. The van der Waals surface area contributed by atoms with Gasteiger partial charge in [0.05, 0.1) is 12.5 Å². The normalized spacial score (nSPS) is 15.3. The molecule has 4 amide bonds. The molecule has 37 heavy (non-hydrogen) atoms. The number of aliphatic hydroxyl groups excluding tert-OH is 1. The zero-order chi connectivity index (χ0) is 27.9. The lowest BCUT2D eigenvalue weighted by atomic mass is 10.0. The molecule has 0 saturated carbocycles. The molecule has 1 heterocycles. The highest BCUT2D eigenvalue weighted by Crippen LogP contribution is 2.19. The summed E-state index contributed by atoms with van der Waals surface area (Å²) in [5, 5.41) is 27.1. The number of carboxylic acids is 1. The van der Waals surface area contributed by atoms with Crippen molar-refractivity contribution in [3.63, 3.8) is 0 Å². The van der Waals surface area contributed by atoms with Gasteiger partial charge in [0.2, 0.25) is 23.6 Å². The number of para-hydroxylation sites is 1. The highest BCUT2D eigenvalue weighted by Gasteiger charge is 2.33. The van der Waals surface area contributed by atoms with E-state index in [9.17, 15) is 34.2 Å². The Morgan fingerprint density at radius 2 is 1.54 bits per heavy atom. The van der Waals surface area contributed by atoms with Gasteiger partial charge in [0, 0.05) is 23.5 Å².